The Kier molecular flexibility index (Phi) is 5.54. The normalized spacial score (nSPS) is 15.7. The first-order chi connectivity index (χ1) is 14.8. The summed E-state index contributed by atoms with van der Waals surface area (Å²) in [6.45, 7) is 6.88. The van der Waals surface area contributed by atoms with Crippen molar-refractivity contribution in [3.05, 3.63) is 59.6 Å². The summed E-state index contributed by atoms with van der Waals surface area (Å²) < 4.78 is 5.37. The number of fused-ring (bicyclic) bond motifs is 3. The number of ether oxygens (including phenoxy) is 1. The number of carbonyl (C=O) groups excluding carboxylic acids is 1. The van der Waals surface area contributed by atoms with Crippen molar-refractivity contribution in [2.24, 2.45) is 9.98 Å². The van der Waals surface area contributed by atoms with E-state index < -0.39 is 5.60 Å². The Balaban J connectivity index is 1.59. The van der Waals surface area contributed by atoms with E-state index in [0.29, 0.717) is 36.7 Å². The van der Waals surface area contributed by atoms with Crippen molar-refractivity contribution in [2.75, 3.05) is 13.1 Å². The average molecular weight is 419 g/mol. The van der Waals surface area contributed by atoms with E-state index in [2.05, 4.69) is 20.0 Å². The van der Waals surface area contributed by atoms with Crippen LogP contribution in [0.3, 0.4) is 0 Å². The minimum atomic E-state index is -0.508. The second kappa shape index (κ2) is 8.29. The van der Waals surface area contributed by atoms with Gasteiger partial charge in [-0.3, -0.25) is 14.8 Å². The van der Waals surface area contributed by atoms with Gasteiger partial charge in [0.1, 0.15) is 23.0 Å². The van der Waals surface area contributed by atoms with E-state index in [1.807, 2.05) is 37.8 Å². The zero-order valence-electron chi connectivity index (χ0n) is 17.9. The molecule has 2 aromatic rings. The van der Waals surface area contributed by atoms with Crippen LogP contribution in [0.2, 0.25) is 0 Å². The summed E-state index contributed by atoms with van der Waals surface area (Å²) in [5.74, 6) is 1.71. The average Bonchev–Trinajstić information content (AvgIpc) is 3.22. The number of aliphatic imine (C=N–C) groups is 2. The van der Waals surface area contributed by atoms with Gasteiger partial charge in [-0.05, 0) is 45.0 Å². The largest absolute Gasteiger partial charge is 0.507 e. The van der Waals surface area contributed by atoms with Crippen LogP contribution in [0, 0.1) is 0 Å². The van der Waals surface area contributed by atoms with Gasteiger partial charge < -0.3 is 14.7 Å². The van der Waals surface area contributed by atoms with Gasteiger partial charge >= 0.3 is 5.97 Å². The summed E-state index contributed by atoms with van der Waals surface area (Å²) in [6.07, 6.45) is 5.55. The molecular weight excluding hydrogens is 394 g/mol. The number of aliphatic hydroxyl groups excluding tert-OH is 1. The van der Waals surface area contributed by atoms with Gasteiger partial charge in [0.25, 0.3) is 0 Å². The van der Waals surface area contributed by atoms with E-state index in [-0.39, 0.29) is 18.1 Å². The smallest absolute Gasteiger partial charge is 0.306 e. The first-order valence-corrected chi connectivity index (χ1v) is 10.2. The van der Waals surface area contributed by atoms with E-state index in [1.54, 1.807) is 30.6 Å². The molecule has 0 fully saturated rings. The van der Waals surface area contributed by atoms with Crippen LogP contribution in [0.15, 0.2) is 52.7 Å². The summed E-state index contributed by atoms with van der Waals surface area (Å²) >= 11 is 0. The van der Waals surface area contributed by atoms with Crippen molar-refractivity contribution in [3.8, 4) is 0 Å². The maximum atomic E-state index is 12.0. The predicted molar refractivity (Wildman–Crippen MR) is 118 cm³/mol. The zero-order chi connectivity index (χ0) is 22.0. The Labute approximate surface area is 181 Å². The first kappa shape index (κ1) is 20.7. The van der Waals surface area contributed by atoms with Crippen molar-refractivity contribution >= 4 is 29.2 Å². The summed E-state index contributed by atoms with van der Waals surface area (Å²) in [5, 5.41) is 10.5. The fourth-order valence-electron chi connectivity index (χ4n) is 3.41. The number of aryl methyl sites for hydroxylation is 1. The van der Waals surface area contributed by atoms with Crippen molar-refractivity contribution in [3.63, 3.8) is 0 Å². The fraction of sp³-hybridized carbons (Fsp3) is 0.348. The maximum absolute atomic E-state index is 12.0. The van der Waals surface area contributed by atoms with Gasteiger partial charge in [0.15, 0.2) is 5.82 Å². The van der Waals surface area contributed by atoms with Gasteiger partial charge in [-0.25, -0.2) is 9.98 Å². The SMILES string of the molecule is CC(C)(C)OC(=O)CCc1ccc2c(n1)N=C(/C=C(\O)c1cccnc1)N1CCN=C21. The lowest BCUT2D eigenvalue weighted by atomic mass is 10.1. The Bertz CT molecular complexity index is 1080. The maximum Gasteiger partial charge on any atom is 0.306 e. The molecule has 2 aromatic heterocycles. The molecule has 1 N–H and O–H groups in total. The Morgan fingerprint density at radius 1 is 1.29 bits per heavy atom. The van der Waals surface area contributed by atoms with Gasteiger partial charge in [0.2, 0.25) is 0 Å². The number of aliphatic hydroxyl groups is 1. The third kappa shape index (κ3) is 4.79. The van der Waals surface area contributed by atoms with Gasteiger partial charge in [0.05, 0.1) is 18.5 Å². The number of rotatable bonds is 5. The molecule has 0 unspecified atom stereocenters. The van der Waals surface area contributed by atoms with E-state index in [9.17, 15) is 9.90 Å². The van der Waals surface area contributed by atoms with E-state index in [4.69, 9.17) is 4.74 Å². The highest BCUT2D eigenvalue weighted by Gasteiger charge is 2.30. The van der Waals surface area contributed by atoms with Crippen molar-refractivity contribution in [1.29, 1.82) is 0 Å². The molecule has 0 saturated heterocycles. The molecule has 0 atom stereocenters. The van der Waals surface area contributed by atoms with Crippen LogP contribution in [0.25, 0.3) is 5.76 Å². The molecule has 2 aliphatic heterocycles. The Hall–Kier alpha value is -3.55. The molecule has 2 aliphatic rings. The zero-order valence-corrected chi connectivity index (χ0v) is 17.9. The predicted octanol–water partition coefficient (Wildman–Crippen LogP) is 3.46. The van der Waals surface area contributed by atoms with Crippen molar-refractivity contribution < 1.29 is 14.6 Å². The van der Waals surface area contributed by atoms with Crippen LogP contribution in [0.5, 0.6) is 0 Å². The molecule has 0 aliphatic carbocycles. The van der Waals surface area contributed by atoms with Crippen molar-refractivity contribution in [2.45, 2.75) is 39.2 Å². The third-order valence-corrected chi connectivity index (χ3v) is 4.74. The molecule has 0 spiro atoms. The number of nitrogens with zero attached hydrogens (tertiary/aromatic N) is 5. The molecule has 0 amide bonds. The highest BCUT2D eigenvalue weighted by molar-refractivity contribution is 6.19. The summed E-state index contributed by atoms with van der Waals surface area (Å²) in [6, 6.07) is 7.38. The topological polar surface area (TPSA) is 100 Å². The van der Waals surface area contributed by atoms with E-state index >= 15 is 0 Å². The minimum Gasteiger partial charge on any atom is -0.507 e. The molecule has 0 bridgehead atoms. The lowest BCUT2D eigenvalue weighted by molar-refractivity contribution is -0.154. The molecule has 160 valence electrons. The van der Waals surface area contributed by atoms with Crippen LogP contribution in [0.4, 0.5) is 5.82 Å². The number of pyridine rings is 2. The van der Waals surface area contributed by atoms with Crippen LogP contribution in [0.1, 0.15) is 44.0 Å². The second-order valence-corrected chi connectivity index (χ2v) is 8.36. The van der Waals surface area contributed by atoms with Crippen LogP contribution >= 0.6 is 0 Å². The number of hydrogen-bond acceptors (Lipinski definition) is 8. The highest BCUT2D eigenvalue weighted by atomic mass is 16.6. The number of carbonyl (C=O) groups is 1. The molecule has 8 heteroatoms. The third-order valence-electron chi connectivity index (χ3n) is 4.74. The van der Waals surface area contributed by atoms with E-state index in [1.165, 1.54) is 0 Å². The molecule has 4 rings (SSSR count). The summed E-state index contributed by atoms with van der Waals surface area (Å²) in [5.41, 5.74) is 1.69. The molecule has 31 heavy (non-hydrogen) atoms. The molecule has 0 radical (unpaired) electrons. The first-order valence-electron chi connectivity index (χ1n) is 10.2. The standard InChI is InChI=1S/C23H25N5O3/c1-23(2,3)31-20(30)9-7-16-6-8-17-21(26-16)27-19(28-12-11-25-22(17)28)13-18(29)15-5-4-10-24-14-15/h4-6,8,10,13-14,29H,7,9,11-12H2,1-3H3/b18-13-. The van der Waals surface area contributed by atoms with Crippen LogP contribution in [-0.2, 0) is 16.0 Å². The molecule has 4 heterocycles. The minimum absolute atomic E-state index is 0.0719. The number of amidine groups is 2. The summed E-state index contributed by atoms with van der Waals surface area (Å²) in [4.78, 5) is 32.0. The van der Waals surface area contributed by atoms with Gasteiger partial charge in [-0.2, -0.15) is 0 Å². The molecular formula is C23H25N5O3. The summed E-state index contributed by atoms with van der Waals surface area (Å²) in [7, 11) is 0. The Morgan fingerprint density at radius 3 is 2.87 bits per heavy atom. The molecule has 8 nitrogen and oxygen atoms in total. The second-order valence-electron chi connectivity index (χ2n) is 8.36. The van der Waals surface area contributed by atoms with E-state index in [0.717, 1.165) is 17.1 Å². The highest BCUT2D eigenvalue weighted by Crippen LogP contribution is 2.28. The van der Waals surface area contributed by atoms with Gasteiger partial charge in [-0.15, -0.1) is 0 Å². The molecule has 0 saturated carbocycles. The quantitative estimate of drug-likeness (QED) is 0.588. The number of esters is 1. The van der Waals surface area contributed by atoms with Crippen LogP contribution in [-0.4, -0.2) is 56.3 Å². The monoisotopic (exact) mass is 419 g/mol. The van der Waals surface area contributed by atoms with Crippen LogP contribution < -0.4 is 0 Å². The fourth-order valence-corrected chi connectivity index (χ4v) is 3.41. The van der Waals surface area contributed by atoms with Gasteiger partial charge in [0, 0.05) is 42.7 Å². The van der Waals surface area contributed by atoms with Crippen molar-refractivity contribution in [1.82, 2.24) is 14.9 Å². The number of hydrogen-bond donors (Lipinski definition) is 1. The van der Waals surface area contributed by atoms with Gasteiger partial charge in [-0.1, -0.05) is 0 Å². The molecule has 0 aromatic carbocycles. The number of aromatic nitrogens is 2. The lowest BCUT2D eigenvalue weighted by Gasteiger charge is -2.25. The Morgan fingerprint density at radius 2 is 2.13 bits per heavy atom. The lowest BCUT2D eigenvalue weighted by Crippen LogP contribution is -2.36.